The largest absolute Gasteiger partial charge is 0.488 e. The van der Waals surface area contributed by atoms with Gasteiger partial charge in [-0.2, -0.15) is 0 Å². The molecule has 3 N–H and O–H groups in total. The maximum atomic E-state index is 11.3. The topological polar surface area (TPSA) is 108 Å². The van der Waals surface area contributed by atoms with Gasteiger partial charge in [-0.05, 0) is 53.1 Å². The molecule has 0 saturated heterocycles. The molecule has 0 aliphatic carbocycles. The lowest BCUT2D eigenvalue weighted by molar-refractivity contribution is -0.136. The van der Waals surface area contributed by atoms with Gasteiger partial charge in [0.05, 0.1) is 18.4 Å². The van der Waals surface area contributed by atoms with Crippen LogP contribution in [0, 0.1) is 0 Å². The number of carboxylic acid groups (broad SMARTS) is 1. The quantitative estimate of drug-likeness (QED) is 0.255. The van der Waals surface area contributed by atoms with E-state index in [1.165, 1.54) is 0 Å². The highest BCUT2D eigenvalue weighted by Crippen LogP contribution is 2.37. The second-order valence-corrected chi connectivity index (χ2v) is 8.59. The van der Waals surface area contributed by atoms with Crippen LogP contribution in [0.2, 0.25) is 0 Å². The Morgan fingerprint density at radius 1 is 0.865 bits per heavy atom. The lowest BCUT2D eigenvalue weighted by Crippen LogP contribution is -2.04. The Hall–Kier alpha value is -4.62. The zero-order chi connectivity index (χ0) is 25.6. The molecular weight excluding hydrogens is 468 g/mol. The van der Waals surface area contributed by atoms with Crippen LogP contribution in [0.4, 0.5) is 0 Å². The number of nitrogens with zero attached hydrogens (tertiary/aromatic N) is 1. The van der Waals surface area contributed by atoms with Crippen molar-refractivity contribution in [1.29, 1.82) is 0 Å². The molecule has 0 fully saturated rings. The number of carbonyl (C=O) groups is 1. The van der Waals surface area contributed by atoms with Gasteiger partial charge in [0.15, 0.2) is 11.3 Å². The minimum atomic E-state index is -0.913. The van der Waals surface area contributed by atoms with Gasteiger partial charge in [-0.3, -0.25) is 9.78 Å². The Labute approximate surface area is 214 Å². The fourth-order valence-corrected chi connectivity index (χ4v) is 4.16. The van der Waals surface area contributed by atoms with Crippen LogP contribution < -0.4 is 15.2 Å². The number of para-hydroxylation sites is 1. The predicted molar refractivity (Wildman–Crippen MR) is 140 cm³/mol. The highest BCUT2D eigenvalue weighted by Gasteiger charge is 2.16. The van der Waals surface area contributed by atoms with E-state index >= 15 is 0 Å². The fraction of sp³-hybridized carbons (Fsp3) is 0.133. The summed E-state index contributed by atoms with van der Waals surface area (Å²) in [5.74, 6) is 0.204. The van der Waals surface area contributed by atoms with Gasteiger partial charge >= 0.3 is 5.97 Å². The summed E-state index contributed by atoms with van der Waals surface area (Å²) >= 11 is 0. The van der Waals surface area contributed by atoms with Crippen LogP contribution in [0.5, 0.6) is 11.5 Å². The molecule has 37 heavy (non-hydrogen) atoms. The molecule has 0 saturated carbocycles. The lowest BCUT2D eigenvalue weighted by atomic mass is 10.00. The maximum Gasteiger partial charge on any atom is 0.307 e. The summed E-state index contributed by atoms with van der Waals surface area (Å²) in [7, 11) is 0. The van der Waals surface area contributed by atoms with Crippen LogP contribution in [0.3, 0.4) is 0 Å². The number of hydrogen-bond acceptors (Lipinski definition) is 6. The van der Waals surface area contributed by atoms with E-state index in [1.807, 2.05) is 54.6 Å². The molecule has 5 aromatic rings. The number of pyridine rings is 1. The van der Waals surface area contributed by atoms with E-state index in [0.717, 1.165) is 33.3 Å². The van der Waals surface area contributed by atoms with E-state index in [4.69, 9.17) is 19.6 Å². The van der Waals surface area contributed by atoms with Crippen LogP contribution in [0.25, 0.3) is 22.1 Å². The number of nitrogens with two attached hydrogens (primary N) is 1. The van der Waals surface area contributed by atoms with Gasteiger partial charge in [0.2, 0.25) is 0 Å². The number of aromatic nitrogens is 1. The Morgan fingerprint density at radius 3 is 2.51 bits per heavy atom. The third-order valence-corrected chi connectivity index (χ3v) is 6.02. The van der Waals surface area contributed by atoms with Gasteiger partial charge in [-0.15, -0.1) is 0 Å². The first-order valence-electron chi connectivity index (χ1n) is 11.9. The third kappa shape index (κ3) is 5.63. The minimum absolute atomic E-state index is 0.116. The first kappa shape index (κ1) is 24.1. The van der Waals surface area contributed by atoms with Crippen molar-refractivity contribution in [3.63, 3.8) is 0 Å². The van der Waals surface area contributed by atoms with Crippen molar-refractivity contribution in [1.82, 2.24) is 4.98 Å². The van der Waals surface area contributed by atoms with Crippen LogP contribution in [0.15, 0.2) is 95.7 Å². The van der Waals surface area contributed by atoms with E-state index in [2.05, 4.69) is 11.1 Å². The second-order valence-electron chi connectivity index (χ2n) is 8.59. The molecule has 0 bridgehead atoms. The van der Waals surface area contributed by atoms with Gasteiger partial charge in [-0.25, -0.2) is 0 Å². The van der Waals surface area contributed by atoms with E-state index in [0.29, 0.717) is 29.2 Å². The summed E-state index contributed by atoms with van der Waals surface area (Å²) in [5, 5.41) is 10.1. The Bertz CT molecular complexity index is 1530. The number of benzene rings is 3. The number of rotatable bonds is 10. The highest BCUT2D eigenvalue weighted by molar-refractivity contribution is 5.91. The molecule has 186 valence electrons. The number of ether oxygens (including phenoxy) is 2. The number of hydrogen-bond donors (Lipinski definition) is 2. The third-order valence-electron chi connectivity index (χ3n) is 6.02. The predicted octanol–water partition coefficient (Wildman–Crippen LogP) is 5.74. The lowest BCUT2D eigenvalue weighted by Gasteiger charge is -2.12. The monoisotopic (exact) mass is 494 g/mol. The highest BCUT2D eigenvalue weighted by atomic mass is 16.5. The number of aliphatic carboxylic acids is 1. The first-order valence-corrected chi connectivity index (χ1v) is 11.9. The van der Waals surface area contributed by atoms with Crippen molar-refractivity contribution in [2.45, 2.75) is 26.2 Å². The molecule has 7 nitrogen and oxygen atoms in total. The molecule has 5 rings (SSSR count). The number of carboxylic acids is 1. The average molecular weight is 495 g/mol. The summed E-state index contributed by atoms with van der Waals surface area (Å²) in [5.41, 5.74) is 11.7. The standard InChI is InChI=1S/C30H26N2O5/c31-16-20-6-5-8-21(12-20)23-13-26-24(17-35-27-10-2-1-7-22(27)15-29(33)34)18-37-30(26)28(14-23)36-19-25-9-3-4-11-32-25/h1-14,18H,15-17,19,31H2,(H,33,34). The molecule has 0 radical (unpaired) electrons. The van der Waals surface area contributed by atoms with Crippen molar-refractivity contribution in [3.05, 3.63) is 114 Å². The molecule has 3 aromatic carbocycles. The van der Waals surface area contributed by atoms with Gasteiger partial charge in [-0.1, -0.05) is 42.5 Å². The van der Waals surface area contributed by atoms with Gasteiger partial charge in [0.25, 0.3) is 0 Å². The van der Waals surface area contributed by atoms with Crippen LogP contribution in [-0.2, 0) is 31.0 Å². The van der Waals surface area contributed by atoms with E-state index in [1.54, 1.807) is 30.7 Å². The van der Waals surface area contributed by atoms with E-state index in [-0.39, 0.29) is 19.6 Å². The van der Waals surface area contributed by atoms with Crippen molar-refractivity contribution in [2.75, 3.05) is 0 Å². The van der Waals surface area contributed by atoms with Crippen LogP contribution in [-0.4, -0.2) is 16.1 Å². The Morgan fingerprint density at radius 2 is 1.70 bits per heavy atom. The van der Waals surface area contributed by atoms with Gasteiger partial charge in [0.1, 0.15) is 19.0 Å². The SMILES string of the molecule is NCc1cccc(-c2cc(OCc3ccccn3)c3occ(COc4ccccc4CC(=O)O)c3c2)c1. The molecular formula is C30H26N2O5. The molecule has 0 aliphatic heterocycles. The van der Waals surface area contributed by atoms with Gasteiger partial charge in [0, 0.05) is 29.3 Å². The molecule has 0 amide bonds. The minimum Gasteiger partial charge on any atom is -0.488 e. The summed E-state index contributed by atoms with van der Waals surface area (Å²) < 4.78 is 18.2. The average Bonchev–Trinajstić information content (AvgIpc) is 3.34. The normalized spacial score (nSPS) is 10.9. The smallest absolute Gasteiger partial charge is 0.307 e. The van der Waals surface area contributed by atoms with E-state index in [9.17, 15) is 9.90 Å². The van der Waals surface area contributed by atoms with Gasteiger partial charge < -0.3 is 24.7 Å². The molecule has 0 aliphatic rings. The first-order chi connectivity index (χ1) is 18.1. The Balaban J connectivity index is 1.50. The summed E-state index contributed by atoms with van der Waals surface area (Å²) in [4.78, 5) is 15.6. The Kier molecular flexibility index (Phi) is 7.14. The molecule has 0 atom stereocenters. The summed E-state index contributed by atoms with van der Waals surface area (Å²) in [6.45, 7) is 0.937. The van der Waals surface area contributed by atoms with Crippen LogP contribution >= 0.6 is 0 Å². The van der Waals surface area contributed by atoms with Crippen molar-refractivity contribution in [3.8, 4) is 22.6 Å². The van der Waals surface area contributed by atoms with Crippen molar-refractivity contribution < 1.29 is 23.8 Å². The molecule has 2 aromatic heterocycles. The molecule has 0 unspecified atom stereocenters. The van der Waals surface area contributed by atoms with Crippen molar-refractivity contribution >= 4 is 16.9 Å². The zero-order valence-corrected chi connectivity index (χ0v) is 20.1. The van der Waals surface area contributed by atoms with Crippen LogP contribution in [0.1, 0.15) is 22.4 Å². The summed E-state index contributed by atoms with van der Waals surface area (Å²) in [6.07, 6.45) is 3.27. The number of furan rings is 1. The number of fused-ring (bicyclic) bond motifs is 1. The van der Waals surface area contributed by atoms with E-state index < -0.39 is 5.97 Å². The zero-order valence-electron chi connectivity index (χ0n) is 20.1. The summed E-state index contributed by atoms with van der Waals surface area (Å²) in [6, 6.07) is 24.9. The molecule has 0 spiro atoms. The molecule has 2 heterocycles. The maximum absolute atomic E-state index is 11.3. The molecule has 7 heteroatoms. The second kappa shape index (κ2) is 11.0. The fourth-order valence-electron chi connectivity index (χ4n) is 4.16. The van der Waals surface area contributed by atoms with Crippen molar-refractivity contribution in [2.24, 2.45) is 5.73 Å².